The van der Waals surface area contributed by atoms with Crippen LogP contribution >= 0.6 is 0 Å². The minimum absolute atomic E-state index is 0.0445. The van der Waals surface area contributed by atoms with Gasteiger partial charge < -0.3 is 19.4 Å². The summed E-state index contributed by atoms with van der Waals surface area (Å²) >= 11 is 0. The van der Waals surface area contributed by atoms with Crippen molar-refractivity contribution in [1.82, 2.24) is 9.80 Å². The second-order valence-corrected chi connectivity index (χ2v) is 7.09. The smallest absolute Gasteiger partial charge is 0.264 e. The van der Waals surface area contributed by atoms with E-state index in [4.69, 9.17) is 4.74 Å². The lowest BCUT2D eigenvalue weighted by molar-refractivity contribution is -0.133. The fourth-order valence-electron chi connectivity index (χ4n) is 3.50. The molecule has 0 aliphatic carbocycles. The lowest BCUT2D eigenvalue weighted by atomic mass is 10.1. The predicted octanol–water partition coefficient (Wildman–Crippen LogP) is 1.45. The molecule has 1 aromatic rings. The zero-order valence-corrected chi connectivity index (χ0v) is 16.1. The molecule has 146 valence electrons. The third kappa shape index (κ3) is 4.40. The van der Waals surface area contributed by atoms with E-state index in [0.717, 1.165) is 18.4 Å². The summed E-state index contributed by atoms with van der Waals surface area (Å²) in [5, 5.41) is 0. The van der Waals surface area contributed by atoms with Crippen molar-refractivity contribution in [2.45, 2.75) is 32.6 Å². The van der Waals surface area contributed by atoms with E-state index in [-0.39, 0.29) is 30.7 Å². The summed E-state index contributed by atoms with van der Waals surface area (Å²) in [7, 11) is 1.71. The van der Waals surface area contributed by atoms with Crippen LogP contribution in [-0.2, 0) is 20.8 Å². The van der Waals surface area contributed by atoms with Crippen LogP contribution in [0.15, 0.2) is 18.2 Å². The molecule has 0 N–H and O–H groups in total. The number of hydrogen-bond donors (Lipinski definition) is 0. The van der Waals surface area contributed by atoms with Crippen LogP contribution < -0.4 is 9.64 Å². The first-order valence-corrected chi connectivity index (χ1v) is 9.57. The van der Waals surface area contributed by atoms with Crippen molar-refractivity contribution in [2.24, 2.45) is 0 Å². The molecular weight excluding hydrogens is 346 g/mol. The molecule has 2 aliphatic rings. The van der Waals surface area contributed by atoms with Crippen LogP contribution in [0.3, 0.4) is 0 Å². The van der Waals surface area contributed by atoms with Gasteiger partial charge in [0.25, 0.3) is 5.91 Å². The van der Waals surface area contributed by atoms with Crippen LogP contribution in [0, 0.1) is 0 Å². The highest BCUT2D eigenvalue weighted by molar-refractivity contribution is 5.97. The summed E-state index contributed by atoms with van der Waals surface area (Å²) < 4.78 is 5.43. The van der Waals surface area contributed by atoms with E-state index in [0.29, 0.717) is 44.0 Å². The Kier molecular flexibility index (Phi) is 5.98. The predicted molar refractivity (Wildman–Crippen MR) is 102 cm³/mol. The average Bonchev–Trinajstić information content (AvgIpc) is 2.92. The van der Waals surface area contributed by atoms with Gasteiger partial charge in [-0.2, -0.15) is 0 Å². The molecule has 0 atom stereocenters. The Bertz CT molecular complexity index is 734. The Balaban J connectivity index is 1.62. The lowest BCUT2D eigenvalue weighted by Crippen LogP contribution is -2.38. The van der Waals surface area contributed by atoms with Gasteiger partial charge in [0.1, 0.15) is 5.75 Å². The number of benzene rings is 1. The number of anilines is 1. The van der Waals surface area contributed by atoms with Gasteiger partial charge in [0, 0.05) is 39.6 Å². The molecular formula is C20H27N3O4. The maximum Gasteiger partial charge on any atom is 0.264 e. The highest BCUT2D eigenvalue weighted by Crippen LogP contribution is 2.32. The molecule has 7 heteroatoms. The average molecular weight is 373 g/mol. The second kappa shape index (κ2) is 8.41. The van der Waals surface area contributed by atoms with E-state index in [1.165, 1.54) is 0 Å². The van der Waals surface area contributed by atoms with Gasteiger partial charge in [-0.25, -0.2) is 0 Å². The fourth-order valence-corrected chi connectivity index (χ4v) is 3.50. The molecule has 0 radical (unpaired) electrons. The van der Waals surface area contributed by atoms with Gasteiger partial charge in [0.15, 0.2) is 6.61 Å². The topological polar surface area (TPSA) is 70.2 Å². The number of ether oxygens (including phenoxy) is 1. The molecule has 2 aliphatic heterocycles. The molecule has 3 amide bonds. The quantitative estimate of drug-likeness (QED) is 0.801. The highest BCUT2D eigenvalue weighted by Gasteiger charge is 2.24. The zero-order valence-electron chi connectivity index (χ0n) is 16.1. The van der Waals surface area contributed by atoms with Gasteiger partial charge in [0.2, 0.25) is 11.8 Å². The molecule has 1 fully saturated rings. The minimum atomic E-state index is -0.102. The molecule has 3 rings (SSSR count). The van der Waals surface area contributed by atoms with Gasteiger partial charge in [-0.1, -0.05) is 13.0 Å². The standard InChI is InChI=1S/C20H27N3O4/c1-3-5-18(24)22-8-4-9-23(11-10-22)19(25)13-15-6-7-17-16(12-15)21(2)20(26)14-27-17/h6-7,12H,3-5,8-11,13-14H2,1-2H3. The van der Waals surface area contributed by atoms with Crippen molar-refractivity contribution in [1.29, 1.82) is 0 Å². The first-order valence-electron chi connectivity index (χ1n) is 9.57. The summed E-state index contributed by atoms with van der Waals surface area (Å²) in [6, 6.07) is 5.53. The van der Waals surface area contributed by atoms with E-state index in [2.05, 4.69) is 0 Å². The third-order valence-corrected chi connectivity index (χ3v) is 5.13. The molecule has 1 saturated heterocycles. The molecule has 0 spiro atoms. The fraction of sp³-hybridized carbons (Fsp3) is 0.550. The SMILES string of the molecule is CCCC(=O)N1CCCN(C(=O)Cc2ccc3c(c2)N(C)C(=O)CO3)CC1. The molecule has 1 aromatic carbocycles. The molecule has 2 heterocycles. The number of likely N-dealkylation sites (N-methyl/N-ethyl adjacent to an activating group) is 1. The number of rotatable bonds is 4. The monoisotopic (exact) mass is 373 g/mol. The first kappa shape index (κ1) is 19.2. The number of nitrogens with zero attached hydrogens (tertiary/aromatic N) is 3. The van der Waals surface area contributed by atoms with Crippen molar-refractivity contribution >= 4 is 23.4 Å². The van der Waals surface area contributed by atoms with E-state index >= 15 is 0 Å². The Labute approximate surface area is 159 Å². The van der Waals surface area contributed by atoms with Crippen molar-refractivity contribution in [3.05, 3.63) is 23.8 Å². The second-order valence-electron chi connectivity index (χ2n) is 7.09. The summed E-state index contributed by atoms with van der Waals surface area (Å²) in [6.45, 7) is 4.59. The van der Waals surface area contributed by atoms with Crippen molar-refractivity contribution in [3.63, 3.8) is 0 Å². The largest absolute Gasteiger partial charge is 0.482 e. The van der Waals surface area contributed by atoms with Crippen LogP contribution in [0.1, 0.15) is 31.7 Å². The van der Waals surface area contributed by atoms with Gasteiger partial charge in [-0.3, -0.25) is 14.4 Å². The Morgan fingerprint density at radius 1 is 1.07 bits per heavy atom. The maximum atomic E-state index is 12.7. The van der Waals surface area contributed by atoms with E-state index in [1.54, 1.807) is 11.9 Å². The zero-order chi connectivity index (χ0) is 19.4. The lowest BCUT2D eigenvalue weighted by Gasteiger charge is -2.26. The van der Waals surface area contributed by atoms with Crippen LogP contribution in [0.5, 0.6) is 5.75 Å². The normalized spacial score (nSPS) is 17.3. The van der Waals surface area contributed by atoms with E-state index in [9.17, 15) is 14.4 Å². The van der Waals surface area contributed by atoms with Crippen LogP contribution in [0.2, 0.25) is 0 Å². The number of carbonyl (C=O) groups is 3. The number of carbonyl (C=O) groups excluding carboxylic acids is 3. The molecule has 0 unspecified atom stereocenters. The molecule has 0 bridgehead atoms. The van der Waals surface area contributed by atoms with Crippen LogP contribution in [0.25, 0.3) is 0 Å². The number of hydrogen-bond acceptors (Lipinski definition) is 4. The molecule has 0 saturated carbocycles. The van der Waals surface area contributed by atoms with Crippen molar-refractivity contribution in [2.75, 3.05) is 44.7 Å². The van der Waals surface area contributed by atoms with Crippen molar-refractivity contribution in [3.8, 4) is 5.75 Å². The van der Waals surface area contributed by atoms with E-state index in [1.807, 2.05) is 34.9 Å². The number of fused-ring (bicyclic) bond motifs is 1. The highest BCUT2D eigenvalue weighted by atomic mass is 16.5. The van der Waals surface area contributed by atoms with Crippen LogP contribution in [-0.4, -0.2) is 67.4 Å². The molecule has 7 nitrogen and oxygen atoms in total. The minimum Gasteiger partial charge on any atom is -0.482 e. The summed E-state index contributed by atoms with van der Waals surface area (Å²) in [5.74, 6) is 0.781. The third-order valence-electron chi connectivity index (χ3n) is 5.13. The Morgan fingerprint density at radius 3 is 2.48 bits per heavy atom. The summed E-state index contributed by atoms with van der Waals surface area (Å²) in [6.07, 6.45) is 2.49. The van der Waals surface area contributed by atoms with Gasteiger partial charge in [-0.15, -0.1) is 0 Å². The summed E-state index contributed by atoms with van der Waals surface area (Å²) in [4.78, 5) is 41.9. The molecule has 0 aromatic heterocycles. The first-order chi connectivity index (χ1) is 13.0. The maximum absolute atomic E-state index is 12.7. The summed E-state index contributed by atoms with van der Waals surface area (Å²) in [5.41, 5.74) is 1.55. The Hall–Kier alpha value is -2.57. The van der Waals surface area contributed by atoms with Crippen molar-refractivity contribution < 1.29 is 19.1 Å². The molecule has 27 heavy (non-hydrogen) atoms. The van der Waals surface area contributed by atoms with Crippen LogP contribution in [0.4, 0.5) is 5.69 Å². The Morgan fingerprint density at radius 2 is 1.78 bits per heavy atom. The van der Waals surface area contributed by atoms with Gasteiger partial charge >= 0.3 is 0 Å². The van der Waals surface area contributed by atoms with Gasteiger partial charge in [0.05, 0.1) is 12.1 Å². The van der Waals surface area contributed by atoms with Gasteiger partial charge in [-0.05, 0) is 30.5 Å². The number of amides is 3. The van der Waals surface area contributed by atoms with E-state index < -0.39 is 0 Å².